The molecule has 0 radical (unpaired) electrons. The number of sulfonamides is 1. The van der Waals surface area contributed by atoms with Crippen molar-refractivity contribution in [3.63, 3.8) is 0 Å². The maximum atomic E-state index is 13.1. The van der Waals surface area contributed by atoms with E-state index in [1.54, 1.807) is 19.1 Å². The fraction of sp³-hybridized carbons (Fsp3) is 0.500. The van der Waals surface area contributed by atoms with Crippen molar-refractivity contribution in [2.75, 3.05) is 26.2 Å². The van der Waals surface area contributed by atoms with Gasteiger partial charge in [0.1, 0.15) is 10.4 Å². The van der Waals surface area contributed by atoms with Gasteiger partial charge in [-0.3, -0.25) is 9.69 Å². The molecule has 1 aliphatic heterocycles. The molecule has 1 atom stereocenters. The molecule has 8 nitrogen and oxygen atoms in total. The van der Waals surface area contributed by atoms with Crippen LogP contribution in [0, 0.1) is 11.3 Å². The first-order valence-corrected chi connectivity index (χ1v) is 14.8. The van der Waals surface area contributed by atoms with Crippen LogP contribution in [0.5, 0.6) is 0 Å². The number of benzene rings is 1. The van der Waals surface area contributed by atoms with Crippen LogP contribution in [0.1, 0.15) is 44.6 Å². The van der Waals surface area contributed by atoms with Gasteiger partial charge in [0.05, 0.1) is 16.3 Å². The number of thioether (sulfide) groups is 1. The Hall–Kier alpha value is -2.45. The van der Waals surface area contributed by atoms with E-state index in [1.807, 2.05) is 18.2 Å². The number of carbonyl (C=O) groups excluding carboxylic acids is 1. The minimum atomic E-state index is -3.63. The number of aromatic nitrogens is 1. The Morgan fingerprint density at radius 2 is 1.81 bits per heavy atom. The average molecular weight is 528 g/mol. The average Bonchev–Trinajstić information content (AvgIpc) is 2.90. The molecule has 0 bridgehead atoms. The second-order valence-corrected chi connectivity index (χ2v) is 12.8. The molecule has 192 valence electrons. The van der Waals surface area contributed by atoms with Gasteiger partial charge < -0.3 is 5.32 Å². The maximum Gasteiger partial charge on any atom is 0.244 e. The number of rotatable bonds is 8. The van der Waals surface area contributed by atoms with Gasteiger partial charge in [0.2, 0.25) is 15.9 Å². The van der Waals surface area contributed by atoms with Gasteiger partial charge >= 0.3 is 0 Å². The minimum absolute atomic E-state index is 0.158. The van der Waals surface area contributed by atoms with E-state index >= 15 is 0 Å². The summed E-state index contributed by atoms with van der Waals surface area (Å²) in [6, 6.07) is 15.7. The predicted molar refractivity (Wildman–Crippen MR) is 140 cm³/mol. The minimum Gasteiger partial charge on any atom is -0.337 e. The molecule has 2 aliphatic rings. The van der Waals surface area contributed by atoms with E-state index in [1.165, 1.54) is 27.8 Å². The highest BCUT2D eigenvalue weighted by atomic mass is 32.2. The van der Waals surface area contributed by atoms with Crippen LogP contribution in [0.15, 0.2) is 58.6 Å². The van der Waals surface area contributed by atoms with Crippen LogP contribution in [-0.4, -0.2) is 65.5 Å². The zero-order valence-corrected chi connectivity index (χ0v) is 22.2. The van der Waals surface area contributed by atoms with Gasteiger partial charge in [-0.05, 0) is 37.5 Å². The van der Waals surface area contributed by atoms with Crippen LogP contribution >= 0.6 is 11.8 Å². The molecule has 0 unspecified atom stereocenters. The molecule has 1 saturated heterocycles. The molecule has 1 aromatic carbocycles. The van der Waals surface area contributed by atoms with Gasteiger partial charge in [-0.1, -0.05) is 61.4 Å². The van der Waals surface area contributed by atoms with Crippen LogP contribution in [-0.2, 0) is 21.4 Å². The summed E-state index contributed by atoms with van der Waals surface area (Å²) in [5, 5.41) is 12.7. The van der Waals surface area contributed by atoms with Crippen molar-refractivity contribution in [3.8, 4) is 6.07 Å². The molecule has 1 saturated carbocycles. The zero-order valence-electron chi connectivity index (χ0n) is 20.6. The molecule has 0 spiro atoms. The first kappa shape index (κ1) is 26.6. The van der Waals surface area contributed by atoms with Gasteiger partial charge in [-0.15, -0.1) is 0 Å². The largest absolute Gasteiger partial charge is 0.337 e. The van der Waals surface area contributed by atoms with Crippen molar-refractivity contribution in [3.05, 3.63) is 54.2 Å². The van der Waals surface area contributed by atoms with Crippen LogP contribution < -0.4 is 5.32 Å². The molecule has 2 aromatic rings. The van der Waals surface area contributed by atoms with Gasteiger partial charge in [-0.2, -0.15) is 9.57 Å². The van der Waals surface area contributed by atoms with Gasteiger partial charge in [0, 0.05) is 38.9 Å². The molecule has 2 fully saturated rings. The van der Waals surface area contributed by atoms with E-state index in [-0.39, 0.29) is 10.8 Å². The summed E-state index contributed by atoms with van der Waals surface area (Å²) in [4.78, 5) is 19.5. The summed E-state index contributed by atoms with van der Waals surface area (Å²) in [6.45, 7) is 4.80. The Morgan fingerprint density at radius 1 is 1.11 bits per heavy atom. The molecule has 36 heavy (non-hydrogen) atoms. The molecule has 1 aromatic heterocycles. The van der Waals surface area contributed by atoms with Crippen molar-refractivity contribution in [1.29, 1.82) is 5.26 Å². The van der Waals surface area contributed by atoms with Crippen LogP contribution in [0.2, 0.25) is 0 Å². The quantitative estimate of drug-likeness (QED) is 0.524. The highest BCUT2D eigenvalue weighted by molar-refractivity contribution is 8.00. The second-order valence-electron chi connectivity index (χ2n) is 9.50. The Labute approximate surface area is 218 Å². The molecule has 2 heterocycles. The molecule has 1 aliphatic carbocycles. The first-order valence-electron chi connectivity index (χ1n) is 12.4. The predicted octanol–water partition coefficient (Wildman–Crippen LogP) is 3.41. The topological polar surface area (TPSA) is 106 Å². The van der Waals surface area contributed by atoms with Gasteiger partial charge in [0.15, 0.2) is 0 Å². The summed E-state index contributed by atoms with van der Waals surface area (Å²) < 4.78 is 27.8. The molecular formula is C26H33N5O3S2. The Kier molecular flexibility index (Phi) is 8.67. The van der Waals surface area contributed by atoms with Gasteiger partial charge in [0.25, 0.3) is 0 Å². The SMILES string of the molecule is C[C@@H](Sc1ccc(S(=O)(=O)N2CCN(Cc3ccccc3)CC2)cn1)C(=O)NC1(C#N)CCCCC1. The summed E-state index contributed by atoms with van der Waals surface area (Å²) in [5.74, 6) is -0.199. The van der Waals surface area contributed by atoms with Crippen molar-refractivity contribution in [2.24, 2.45) is 0 Å². The second kappa shape index (κ2) is 11.7. The lowest BCUT2D eigenvalue weighted by Gasteiger charge is -2.34. The molecular weight excluding hydrogens is 494 g/mol. The van der Waals surface area contributed by atoms with Crippen molar-refractivity contribution in [2.45, 2.75) is 66.3 Å². The normalized spacial score (nSPS) is 19.8. The van der Waals surface area contributed by atoms with Crippen molar-refractivity contribution >= 4 is 27.7 Å². The third-order valence-corrected chi connectivity index (χ3v) is 9.81. The lowest BCUT2D eigenvalue weighted by Crippen LogP contribution is -2.50. The smallest absolute Gasteiger partial charge is 0.244 e. The van der Waals surface area contributed by atoms with E-state index in [0.29, 0.717) is 44.0 Å². The number of pyridine rings is 1. The molecule has 1 amide bonds. The number of nitrogens with one attached hydrogen (secondary N) is 1. The summed E-state index contributed by atoms with van der Waals surface area (Å²) in [7, 11) is -3.63. The maximum absolute atomic E-state index is 13.1. The summed E-state index contributed by atoms with van der Waals surface area (Å²) in [6.07, 6.45) is 5.70. The Balaban J connectivity index is 1.31. The van der Waals surface area contributed by atoms with E-state index in [0.717, 1.165) is 25.8 Å². The number of hydrogen-bond donors (Lipinski definition) is 1. The van der Waals surface area contributed by atoms with E-state index in [4.69, 9.17) is 0 Å². The monoisotopic (exact) mass is 527 g/mol. The highest BCUT2D eigenvalue weighted by Crippen LogP contribution is 2.29. The number of piperazine rings is 1. The van der Waals surface area contributed by atoms with Crippen LogP contribution in [0.4, 0.5) is 0 Å². The van der Waals surface area contributed by atoms with Crippen molar-refractivity contribution in [1.82, 2.24) is 19.5 Å². The standard InChI is InChI=1S/C26H33N5O3S2/c1-21(25(32)29-26(20-27)12-6-3-7-13-26)35-24-11-10-23(18-28-24)36(33,34)31-16-14-30(15-17-31)19-22-8-4-2-5-9-22/h2,4-5,8-11,18,21H,3,6-7,12-17,19H2,1H3,(H,29,32)/t21-/m1/s1. The lowest BCUT2D eigenvalue weighted by molar-refractivity contribution is -0.121. The number of hydrogen-bond acceptors (Lipinski definition) is 7. The van der Waals surface area contributed by atoms with Crippen LogP contribution in [0.3, 0.4) is 0 Å². The Morgan fingerprint density at radius 3 is 2.42 bits per heavy atom. The van der Waals surface area contributed by atoms with Crippen LogP contribution in [0.25, 0.3) is 0 Å². The summed E-state index contributed by atoms with van der Waals surface area (Å²) in [5.41, 5.74) is 0.441. The number of nitriles is 1. The van der Waals surface area contributed by atoms with E-state index < -0.39 is 20.8 Å². The van der Waals surface area contributed by atoms with Crippen molar-refractivity contribution < 1.29 is 13.2 Å². The third kappa shape index (κ3) is 6.45. The first-order chi connectivity index (χ1) is 17.3. The number of carbonyl (C=O) groups is 1. The number of nitrogens with zero attached hydrogens (tertiary/aromatic N) is 4. The molecule has 4 rings (SSSR count). The fourth-order valence-electron chi connectivity index (χ4n) is 4.70. The highest BCUT2D eigenvalue weighted by Gasteiger charge is 2.35. The van der Waals surface area contributed by atoms with Gasteiger partial charge in [-0.25, -0.2) is 13.4 Å². The van der Waals surface area contributed by atoms with E-state index in [9.17, 15) is 18.5 Å². The molecule has 10 heteroatoms. The molecule has 1 N–H and O–H groups in total. The fourth-order valence-corrected chi connectivity index (χ4v) is 6.86. The zero-order chi connectivity index (χ0) is 25.6. The third-order valence-electron chi connectivity index (χ3n) is 6.88. The number of amides is 1. The summed E-state index contributed by atoms with van der Waals surface area (Å²) >= 11 is 1.26. The van der Waals surface area contributed by atoms with E-state index in [2.05, 4.69) is 33.4 Å². The lowest BCUT2D eigenvalue weighted by atomic mass is 9.83. The Bertz CT molecular complexity index is 1170.